The van der Waals surface area contributed by atoms with Crippen LogP contribution in [0.1, 0.15) is 39.2 Å². The third-order valence-electron chi connectivity index (χ3n) is 5.10. The van der Waals surface area contributed by atoms with E-state index in [2.05, 4.69) is 25.8 Å². The molecule has 0 radical (unpaired) electrons. The fourth-order valence-corrected chi connectivity index (χ4v) is 4.35. The van der Waals surface area contributed by atoms with Gasteiger partial charge in [-0.1, -0.05) is 6.07 Å². The molecule has 0 aliphatic carbocycles. The van der Waals surface area contributed by atoms with Gasteiger partial charge in [0.25, 0.3) is 6.01 Å². The highest BCUT2D eigenvalue weighted by molar-refractivity contribution is 9.10. The number of carbonyl (C=O) groups excluding carboxylic acids is 1. The normalized spacial score (nSPS) is 22.6. The summed E-state index contributed by atoms with van der Waals surface area (Å²) >= 11 is 3.49. The number of ether oxygens (including phenoxy) is 1. The quantitative estimate of drug-likeness (QED) is 0.771. The summed E-state index contributed by atoms with van der Waals surface area (Å²) in [6.07, 6.45) is 1.66. The minimum absolute atomic E-state index is 0.0899. The smallest absolute Gasteiger partial charge is 0.410 e. The van der Waals surface area contributed by atoms with E-state index in [9.17, 15) is 9.90 Å². The van der Waals surface area contributed by atoms with Crippen LogP contribution in [0, 0.1) is 0 Å². The van der Waals surface area contributed by atoms with Gasteiger partial charge in [-0.3, -0.25) is 4.90 Å². The zero-order valence-electron chi connectivity index (χ0n) is 15.7. The molecule has 7 nitrogen and oxygen atoms in total. The number of anilines is 1. The lowest BCUT2D eigenvalue weighted by atomic mass is 10.2. The van der Waals surface area contributed by atoms with E-state index in [1.165, 1.54) is 0 Å². The fraction of sp³-hybridized carbons (Fsp3) is 0.579. The van der Waals surface area contributed by atoms with Crippen molar-refractivity contribution in [2.75, 3.05) is 18.0 Å². The molecule has 0 spiro atoms. The van der Waals surface area contributed by atoms with Crippen molar-refractivity contribution >= 4 is 39.1 Å². The minimum Gasteiger partial charge on any atom is -0.444 e. The third-order valence-corrected chi connectivity index (χ3v) is 5.72. The highest BCUT2D eigenvalue weighted by Gasteiger charge is 2.45. The van der Waals surface area contributed by atoms with Crippen LogP contribution in [0.4, 0.5) is 10.8 Å². The Morgan fingerprint density at radius 2 is 2.00 bits per heavy atom. The van der Waals surface area contributed by atoms with Gasteiger partial charge in [0.2, 0.25) is 0 Å². The first-order chi connectivity index (χ1) is 12.8. The highest BCUT2D eigenvalue weighted by Crippen LogP contribution is 2.36. The van der Waals surface area contributed by atoms with Crippen LogP contribution >= 0.6 is 15.9 Å². The minimum atomic E-state index is -0.499. The third kappa shape index (κ3) is 3.40. The van der Waals surface area contributed by atoms with E-state index in [1.807, 2.05) is 37.8 Å². The molecule has 2 bridgehead atoms. The first-order valence-electron chi connectivity index (χ1n) is 9.22. The predicted octanol–water partition coefficient (Wildman–Crippen LogP) is 3.67. The number of fused-ring (bicyclic) bond motifs is 3. The number of rotatable bonds is 2. The van der Waals surface area contributed by atoms with Crippen molar-refractivity contribution in [1.82, 2.24) is 9.88 Å². The van der Waals surface area contributed by atoms with Crippen molar-refractivity contribution in [3.63, 3.8) is 0 Å². The van der Waals surface area contributed by atoms with Crippen molar-refractivity contribution in [2.24, 2.45) is 0 Å². The number of carbonyl (C=O) groups is 1. The van der Waals surface area contributed by atoms with Gasteiger partial charge in [0.05, 0.1) is 23.2 Å². The molecule has 8 heteroatoms. The number of hydrogen-bond donors (Lipinski definition) is 1. The zero-order valence-corrected chi connectivity index (χ0v) is 17.3. The fourth-order valence-electron chi connectivity index (χ4n) is 3.95. The molecule has 1 aromatic heterocycles. The van der Waals surface area contributed by atoms with Crippen LogP contribution in [-0.2, 0) is 11.3 Å². The summed E-state index contributed by atoms with van der Waals surface area (Å²) < 4.78 is 12.4. The van der Waals surface area contributed by atoms with Gasteiger partial charge in [-0.05, 0) is 55.6 Å². The van der Waals surface area contributed by atoms with Gasteiger partial charge < -0.3 is 19.2 Å². The van der Waals surface area contributed by atoms with Gasteiger partial charge in [0.15, 0.2) is 5.58 Å². The average Bonchev–Trinajstić information content (AvgIpc) is 3.14. The maximum atomic E-state index is 12.6. The number of halogens is 1. The maximum Gasteiger partial charge on any atom is 0.410 e. The molecule has 1 N–H and O–H groups in total. The molecule has 146 valence electrons. The number of benzene rings is 1. The Balaban J connectivity index is 1.58. The van der Waals surface area contributed by atoms with Crippen molar-refractivity contribution < 1.29 is 19.1 Å². The molecule has 2 saturated heterocycles. The number of hydrogen-bond acceptors (Lipinski definition) is 6. The number of aliphatic hydroxyl groups is 1. The second-order valence-corrected chi connectivity index (χ2v) is 9.07. The monoisotopic (exact) mass is 437 g/mol. The van der Waals surface area contributed by atoms with Crippen LogP contribution < -0.4 is 4.90 Å². The number of amides is 1. The summed E-state index contributed by atoms with van der Waals surface area (Å²) in [4.78, 5) is 21.2. The standard InChI is InChI=1S/C19H24BrN3O4/c1-19(2,3)27-18(25)23-12-5-6-13(23)9-22(8-12)17-21-15-11(10-24)4-7-14(20)16(15)26-17/h4,7,12-13,24H,5-6,8-10H2,1-3H3. The summed E-state index contributed by atoms with van der Waals surface area (Å²) in [5.41, 5.74) is 1.54. The molecule has 2 aliphatic rings. The molecule has 2 unspecified atom stereocenters. The predicted molar refractivity (Wildman–Crippen MR) is 105 cm³/mol. The second-order valence-electron chi connectivity index (χ2n) is 8.22. The summed E-state index contributed by atoms with van der Waals surface area (Å²) in [7, 11) is 0. The van der Waals surface area contributed by atoms with Gasteiger partial charge in [0.1, 0.15) is 11.1 Å². The Bertz CT molecular complexity index is 862. The molecule has 2 aliphatic heterocycles. The molecule has 2 aromatic rings. The van der Waals surface area contributed by atoms with Crippen LogP contribution in [0.3, 0.4) is 0 Å². The number of nitrogens with zero attached hydrogens (tertiary/aromatic N) is 3. The largest absolute Gasteiger partial charge is 0.444 e. The van der Waals surface area contributed by atoms with Gasteiger partial charge in [-0.25, -0.2) is 4.79 Å². The van der Waals surface area contributed by atoms with Crippen molar-refractivity contribution in [3.05, 3.63) is 22.2 Å². The van der Waals surface area contributed by atoms with Gasteiger partial charge >= 0.3 is 6.09 Å². The molecule has 27 heavy (non-hydrogen) atoms. The van der Waals surface area contributed by atoms with E-state index in [4.69, 9.17) is 9.15 Å². The molecule has 2 atom stereocenters. The van der Waals surface area contributed by atoms with Crippen LogP contribution in [0.2, 0.25) is 0 Å². The lowest BCUT2D eigenvalue weighted by Gasteiger charge is -2.40. The number of aliphatic hydroxyl groups excluding tert-OH is 1. The molecule has 0 saturated carbocycles. The van der Waals surface area contributed by atoms with Crippen LogP contribution in [-0.4, -0.2) is 51.9 Å². The van der Waals surface area contributed by atoms with Crippen molar-refractivity contribution in [3.8, 4) is 0 Å². The Kier molecular flexibility index (Phi) is 4.58. The van der Waals surface area contributed by atoms with E-state index in [1.54, 1.807) is 0 Å². The SMILES string of the molecule is CC(C)(C)OC(=O)N1C2CCC1CN(c1nc3c(CO)ccc(Br)c3o1)C2. The Hall–Kier alpha value is -1.80. The van der Waals surface area contributed by atoms with Crippen molar-refractivity contribution in [2.45, 2.75) is 57.9 Å². The molecular weight excluding hydrogens is 414 g/mol. The van der Waals surface area contributed by atoms with Crippen LogP contribution in [0.25, 0.3) is 11.1 Å². The van der Waals surface area contributed by atoms with Gasteiger partial charge in [0, 0.05) is 18.7 Å². The molecule has 3 heterocycles. The number of piperazine rings is 1. The van der Waals surface area contributed by atoms with E-state index in [-0.39, 0.29) is 24.8 Å². The van der Waals surface area contributed by atoms with E-state index in [0.717, 1.165) is 22.9 Å². The molecule has 2 fully saturated rings. The van der Waals surface area contributed by atoms with E-state index >= 15 is 0 Å². The second kappa shape index (κ2) is 6.67. The lowest BCUT2D eigenvalue weighted by Crippen LogP contribution is -2.56. The first-order valence-corrected chi connectivity index (χ1v) is 10.0. The zero-order chi connectivity index (χ0) is 19.3. The summed E-state index contributed by atoms with van der Waals surface area (Å²) in [5, 5.41) is 9.56. The average molecular weight is 438 g/mol. The maximum absolute atomic E-state index is 12.6. The topological polar surface area (TPSA) is 79.0 Å². The molecule has 4 rings (SSSR count). The van der Waals surface area contributed by atoms with Crippen molar-refractivity contribution in [1.29, 1.82) is 0 Å². The summed E-state index contributed by atoms with van der Waals surface area (Å²) in [6.45, 7) is 6.89. The summed E-state index contributed by atoms with van der Waals surface area (Å²) in [6, 6.07) is 4.41. The Morgan fingerprint density at radius 3 is 2.59 bits per heavy atom. The van der Waals surface area contributed by atoms with E-state index < -0.39 is 5.60 Å². The van der Waals surface area contributed by atoms with Gasteiger partial charge in [-0.2, -0.15) is 4.98 Å². The molecule has 1 aromatic carbocycles. The molecule has 1 amide bonds. The number of oxazole rings is 1. The van der Waals surface area contributed by atoms with E-state index in [0.29, 0.717) is 30.2 Å². The van der Waals surface area contributed by atoms with Gasteiger partial charge in [-0.15, -0.1) is 0 Å². The van der Waals surface area contributed by atoms with Crippen LogP contribution in [0.15, 0.2) is 21.0 Å². The number of aromatic nitrogens is 1. The highest BCUT2D eigenvalue weighted by atomic mass is 79.9. The molecular formula is C19H24BrN3O4. The lowest BCUT2D eigenvalue weighted by molar-refractivity contribution is 0.0120. The summed E-state index contributed by atoms with van der Waals surface area (Å²) in [5.74, 6) is 0. The first kappa shape index (κ1) is 18.6. The Labute approximate surface area is 166 Å². The Morgan fingerprint density at radius 1 is 1.33 bits per heavy atom. The van der Waals surface area contributed by atoms with Crippen LogP contribution in [0.5, 0.6) is 0 Å².